The first-order valence-electron chi connectivity index (χ1n) is 23.5. The average Bonchev–Trinajstić information content (AvgIpc) is 3.30. The van der Waals surface area contributed by atoms with Crippen molar-refractivity contribution in [1.82, 2.24) is 20.4 Å². The maximum absolute atomic E-state index is 12.5. The van der Waals surface area contributed by atoms with Gasteiger partial charge in [0.2, 0.25) is 11.8 Å². The first-order valence-corrected chi connectivity index (χ1v) is 23.5. The second-order valence-corrected chi connectivity index (χ2v) is 19.9. The molecular formula is C54H68B2N4O6. The van der Waals surface area contributed by atoms with Crippen LogP contribution in [-0.4, -0.2) is 88.5 Å². The minimum atomic E-state index is -0.431. The Bertz CT molecular complexity index is 2280. The number of hydrogen-bond acceptors (Lipinski definition) is 8. The van der Waals surface area contributed by atoms with E-state index in [1.165, 1.54) is 32.7 Å². The second kappa shape index (κ2) is 22.2. The van der Waals surface area contributed by atoms with Gasteiger partial charge in [0.05, 0.1) is 0 Å². The van der Waals surface area contributed by atoms with Crippen LogP contribution >= 0.6 is 0 Å². The molecule has 0 unspecified atom stereocenters. The summed E-state index contributed by atoms with van der Waals surface area (Å²) in [6, 6.07) is 34.5. The van der Waals surface area contributed by atoms with E-state index >= 15 is 0 Å². The van der Waals surface area contributed by atoms with Gasteiger partial charge >= 0.3 is 14.2 Å². The average molecular weight is 891 g/mol. The number of nitrogens with one attached hydrogen (secondary N) is 2. The fourth-order valence-corrected chi connectivity index (χ4v) is 8.88. The fourth-order valence-electron chi connectivity index (χ4n) is 8.88. The molecule has 2 N–H and O–H groups in total. The molecule has 10 nitrogen and oxygen atoms in total. The van der Waals surface area contributed by atoms with Crippen LogP contribution in [0.3, 0.4) is 0 Å². The molecule has 0 saturated carbocycles. The third-order valence-corrected chi connectivity index (χ3v) is 12.5. The SMILES string of the molecule is C=C(C)C(=O)NCCCN(Cc1ccccc1B1OCC(C)(C)CO1)Cc1c2ccccc2c(CN(CCCNC(=O)C(=C)C)Cc2ccccc2B2OCC(C)(C)CO2)c2ccccc12. The number of carbonyl (C=O) groups is 2. The number of fused-ring (bicyclic) bond motifs is 2. The van der Waals surface area contributed by atoms with Crippen LogP contribution in [0.1, 0.15) is 76.6 Å². The lowest BCUT2D eigenvalue weighted by atomic mass is 9.73. The third kappa shape index (κ3) is 12.7. The van der Waals surface area contributed by atoms with Gasteiger partial charge in [-0.05, 0) is 81.4 Å². The number of nitrogens with zero attached hydrogens (tertiary/aromatic N) is 2. The van der Waals surface area contributed by atoms with Gasteiger partial charge in [-0.25, -0.2) is 0 Å². The van der Waals surface area contributed by atoms with E-state index in [1.54, 1.807) is 13.8 Å². The van der Waals surface area contributed by atoms with Gasteiger partial charge in [0.15, 0.2) is 0 Å². The van der Waals surface area contributed by atoms with Gasteiger partial charge in [0.25, 0.3) is 0 Å². The molecule has 0 aliphatic carbocycles. The lowest BCUT2D eigenvalue weighted by Crippen LogP contribution is -2.49. The molecule has 7 rings (SSSR count). The number of rotatable bonds is 20. The molecule has 2 heterocycles. The van der Waals surface area contributed by atoms with Crippen LogP contribution in [0.25, 0.3) is 21.5 Å². The fraction of sp³-hybridized carbons (Fsp3) is 0.407. The summed E-state index contributed by atoms with van der Waals surface area (Å²) in [5.74, 6) is -0.245. The van der Waals surface area contributed by atoms with Crippen LogP contribution in [0.4, 0.5) is 0 Å². The summed E-state index contributed by atoms with van der Waals surface area (Å²) in [6.07, 6.45) is 1.52. The summed E-state index contributed by atoms with van der Waals surface area (Å²) in [5, 5.41) is 10.9. The molecule has 0 spiro atoms. The van der Waals surface area contributed by atoms with Crippen LogP contribution in [0.15, 0.2) is 121 Å². The molecule has 5 aromatic rings. The molecule has 346 valence electrons. The zero-order chi connectivity index (χ0) is 46.8. The predicted octanol–water partition coefficient (Wildman–Crippen LogP) is 7.70. The number of benzene rings is 5. The monoisotopic (exact) mass is 891 g/mol. The van der Waals surface area contributed by atoms with Gasteiger partial charge in [-0.3, -0.25) is 19.4 Å². The molecule has 66 heavy (non-hydrogen) atoms. The molecule has 2 aliphatic heterocycles. The van der Waals surface area contributed by atoms with Crippen LogP contribution in [-0.2, 0) is 54.4 Å². The van der Waals surface area contributed by atoms with Crippen molar-refractivity contribution in [2.45, 2.75) is 80.6 Å². The van der Waals surface area contributed by atoms with E-state index < -0.39 is 14.2 Å². The summed E-state index contributed by atoms with van der Waals surface area (Å²) in [5.41, 5.74) is 7.84. The summed E-state index contributed by atoms with van der Waals surface area (Å²) >= 11 is 0. The molecular weight excluding hydrogens is 822 g/mol. The summed E-state index contributed by atoms with van der Waals surface area (Å²) in [6.45, 7) is 27.6. The Morgan fingerprint density at radius 2 is 0.848 bits per heavy atom. The molecule has 12 heteroatoms. The highest BCUT2D eigenvalue weighted by Crippen LogP contribution is 2.35. The predicted molar refractivity (Wildman–Crippen MR) is 270 cm³/mol. The second-order valence-electron chi connectivity index (χ2n) is 19.9. The zero-order valence-electron chi connectivity index (χ0n) is 40.0. The highest BCUT2D eigenvalue weighted by molar-refractivity contribution is 6.62. The summed E-state index contributed by atoms with van der Waals surface area (Å²) in [4.78, 5) is 30.0. The minimum Gasteiger partial charge on any atom is -0.407 e. The Kier molecular flexibility index (Phi) is 16.4. The van der Waals surface area contributed by atoms with Crippen molar-refractivity contribution in [2.24, 2.45) is 10.8 Å². The van der Waals surface area contributed by atoms with Crippen LogP contribution in [0.2, 0.25) is 0 Å². The molecule has 0 aromatic heterocycles. The maximum atomic E-state index is 12.5. The standard InChI is InChI=1S/C54H68B2N4O6/c1-39(2)51(61)57-27-17-29-59(31-41-19-9-15-25-49(41)55-63-35-53(5,6)36-64-55)33-47-43-21-11-13-23-45(43)48(46-24-14-12-22-44(46)47)34-60(30-18-28-58-52(62)40(3)4)32-42-20-10-16-26-50(42)56-65-37-54(7,8)38-66-56/h9-16,19-26H,1,3,17-18,27-38H2,2,4-8H3,(H,57,61)(H,58,62). The Labute approximate surface area is 393 Å². The lowest BCUT2D eigenvalue weighted by Gasteiger charge is -2.34. The van der Waals surface area contributed by atoms with Crippen LogP contribution < -0.4 is 21.6 Å². The van der Waals surface area contributed by atoms with E-state index in [4.69, 9.17) is 18.6 Å². The Hall–Kier alpha value is -5.07. The molecule has 5 aromatic carbocycles. The van der Waals surface area contributed by atoms with E-state index in [2.05, 4.69) is 158 Å². The highest BCUT2D eigenvalue weighted by atomic mass is 16.6. The molecule has 0 radical (unpaired) electrons. The maximum Gasteiger partial charge on any atom is 0.494 e. The van der Waals surface area contributed by atoms with Crippen LogP contribution in [0.5, 0.6) is 0 Å². The largest absolute Gasteiger partial charge is 0.494 e. The highest BCUT2D eigenvalue weighted by Gasteiger charge is 2.36. The number of hydrogen-bond donors (Lipinski definition) is 2. The topological polar surface area (TPSA) is 102 Å². The molecule has 0 atom stereocenters. The van der Waals surface area contributed by atoms with Crippen LogP contribution in [0, 0.1) is 10.8 Å². The molecule has 0 bridgehead atoms. The zero-order valence-corrected chi connectivity index (χ0v) is 40.0. The van der Waals surface area contributed by atoms with E-state index in [9.17, 15) is 9.59 Å². The van der Waals surface area contributed by atoms with Gasteiger partial charge < -0.3 is 29.3 Å². The molecule has 2 aliphatic rings. The molecule has 2 saturated heterocycles. The Balaban J connectivity index is 1.23. The van der Waals surface area contributed by atoms with Gasteiger partial charge in [0.1, 0.15) is 0 Å². The van der Waals surface area contributed by atoms with Crippen molar-refractivity contribution in [3.8, 4) is 0 Å². The van der Waals surface area contributed by atoms with Gasteiger partial charge in [-0.15, -0.1) is 0 Å². The Morgan fingerprint density at radius 3 is 1.18 bits per heavy atom. The van der Waals surface area contributed by atoms with Crippen molar-refractivity contribution in [2.75, 3.05) is 52.6 Å². The van der Waals surface area contributed by atoms with Crippen molar-refractivity contribution in [3.63, 3.8) is 0 Å². The summed E-state index contributed by atoms with van der Waals surface area (Å²) < 4.78 is 25.3. The first kappa shape index (κ1) is 48.9. The molecule has 2 fully saturated rings. The van der Waals surface area contributed by atoms with Crippen molar-refractivity contribution < 1.29 is 28.2 Å². The van der Waals surface area contributed by atoms with Gasteiger partial charge in [-0.2, -0.15) is 0 Å². The smallest absolute Gasteiger partial charge is 0.407 e. The van der Waals surface area contributed by atoms with E-state index in [1.807, 2.05) is 0 Å². The van der Waals surface area contributed by atoms with Gasteiger partial charge in [0, 0.05) is 101 Å². The summed E-state index contributed by atoms with van der Waals surface area (Å²) in [7, 11) is -0.863. The van der Waals surface area contributed by atoms with E-state index in [-0.39, 0.29) is 22.6 Å². The lowest BCUT2D eigenvalue weighted by molar-refractivity contribution is -0.118. The van der Waals surface area contributed by atoms with Crippen molar-refractivity contribution in [3.05, 3.63) is 144 Å². The first-order chi connectivity index (χ1) is 31.7. The minimum absolute atomic E-state index is 0.0414. The Morgan fingerprint density at radius 1 is 0.530 bits per heavy atom. The quantitative estimate of drug-likeness (QED) is 0.0355. The van der Waals surface area contributed by atoms with Crippen molar-refractivity contribution >= 4 is 58.5 Å². The normalized spacial score (nSPS) is 15.9. The molecule has 2 amide bonds. The van der Waals surface area contributed by atoms with E-state index in [0.717, 1.165) is 48.0 Å². The third-order valence-electron chi connectivity index (χ3n) is 12.5. The van der Waals surface area contributed by atoms with Gasteiger partial charge in [-0.1, -0.05) is 138 Å². The van der Waals surface area contributed by atoms with Crippen molar-refractivity contribution in [1.29, 1.82) is 0 Å². The number of amides is 2. The number of carbonyl (C=O) groups excluding carboxylic acids is 2. The van der Waals surface area contributed by atoms with E-state index in [0.29, 0.717) is 76.8 Å².